The van der Waals surface area contributed by atoms with Crippen LogP contribution in [0.3, 0.4) is 0 Å². The van der Waals surface area contributed by atoms with Gasteiger partial charge in [-0.1, -0.05) is 37.6 Å². The van der Waals surface area contributed by atoms with Crippen molar-refractivity contribution in [3.8, 4) is 0 Å². The highest BCUT2D eigenvalue weighted by atomic mass is 16.6. The molecule has 1 saturated heterocycles. The van der Waals surface area contributed by atoms with E-state index in [4.69, 9.17) is 18.9 Å². The summed E-state index contributed by atoms with van der Waals surface area (Å²) in [6.45, 7) is 8.08. The van der Waals surface area contributed by atoms with E-state index in [9.17, 15) is 24.3 Å². The van der Waals surface area contributed by atoms with Crippen LogP contribution < -0.4 is 0 Å². The van der Waals surface area contributed by atoms with Gasteiger partial charge in [-0.3, -0.25) is 14.4 Å². The van der Waals surface area contributed by atoms with Crippen LogP contribution in [0.1, 0.15) is 70.7 Å². The van der Waals surface area contributed by atoms with E-state index in [1.54, 1.807) is 37.3 Å². The summed E-state index contributed by atoms with van der Waals surface area (Å²) in [5.74, 6) is -3.33. The summed E-state index contributed by atoms with van der Waals surface area (Å²) in [5.41, 5.74) is -2.52. The van der Waals surface area contributed by atoms with Crippen LogP contribution in [0.25, 0.3) is 0 Å². The molecular formula is C30H36O9. The van der Waals surface area contributed by atoms with Crippen molar-refractivity contribution in [2.75, 3.05) is 6.61 Å². The Labute approximate surface area is 227 Å². The van der Waals surface area contributed by atoms with Crippen LogP contribution in [-0.2, 0) is 33.3 Å². The third-order valence-corrected chi connectivity index (χ3v) is 9.41. The smallest absolute Gasteiger partial charge is 0.338 e. The van der Waals surface area contributed by atoms with Crippen molar-refractivity contribution in [1.29, 1.82) is 0 Å². The zero-order valence-corrected chi connectivity index (χ0v) is 23.0. The lowest BCUT2D eigenvalue weighted by molar-refractivity contribution is -0.326. The minimum absolute atomic E-state index is 0.00421. The predicted molar refractivity (Wildman–Crippen MR) is 137 cm³/mol. The maximum Gasteiger partial charge on any atom is 0.338 e. The van der Waals surface area contributed by atoms with Gasteiger partial charge in [0.05, 0.1) is 18.1 Å². The maximum absolute atomic E-state index is 14.5. The third-order valence-electron chi connectivity index (χ3n) is 9.41. The van der Waals surface area contributed by atoms with E-state index in [1.807, 2.05) is 13.8 Å². The van der Waals surface area contributed by atoms with E-state index in [-0.39, 0.29) is 31.1 Å². The van der Waals surface area contributed by atoms with Gasteiger partial charge >= 0.3 is 17.9 Å². The molecule has 8 atom stereocenters. The molecule has 1 heterocycles. The molecule has 3 aliphatic carbocycles. The lowest BCUT2D eigenvalue weighted by Gasteiger charge is -2.64. The number of allylic oxidation sites excluding steroid dienone is 1. The first-order valence-corrected chi connectivity index (χ1v) is 13.5. The van der Waals surface area contributed by atoms with E-state index < -0.39 is 58.8 Å². The highest BCUT2D eigenvalue weighted by molar-refractivity contribution is 5.94. The number of benzene rings is 1. The average molecular weight is 541 g/mol. The van der Waals surface area contributed by atoms with Crippen LogP contribution >= 0.6 is 0 Å². The minimum atomic E-state index is -1.63. The minimum Gasteiger partial charge on any atom is -0.455 e. The highest BCUT2D eigenvalue weighted by Gasteiger charge is 2.73. The number of fused-ring (bicyclic) bond motifs is 5. The second-order valence-electron chi connectivity index (χ2n) is 11.9. The number of Topliss-reactive ketones (excluding diaryl/α,β-unsaturated/α-hetero) is 1. The maximum atomic E-state index is 14.5. The van der Waals surface area contributed by atoms with E-state index in [0.29, 0.717) is 24.0 Å². The van der Waals surface area contributed by atoms with Crippen LogP contribution in [0.15, 0.2) is 41.5 Å². The fourth-order valence-corrected chi connectivity index (χ4v) is 7.45. The molecule has 1 aromatic rings. The molecule has 5 rings (SSSR count). The van der Waals surface area contributed by atoms with Gasteiger partial charge in [-0.2, -0.15) is 0 Å². The van der Waals surface area contributed by atoms with Gasteiger partial charge in [-0.25, -0.2) is 4.79 Å². The van der Waals surface area contributed by atoms with E-state index in [1.165, 1.54) is 13.8 Å². The average Bonchev–Trinajstić information content (AvgIpc) is 2.86. The van der Waals surface area contributed by atoms with Crippen molar-refractivity contribution < 1.29 is 43.2 Å². The van der Waals surface area contributed by atoms with E-state index >= 15 is 0 Å². The summed E-state index contributed by atoms with van der Waals surface area (Å²) < 4.78 is 23.7. The first-order valence-electron chi connectivity index (χ1n) is 13.5. The number of carbonyl (C=O) groups excluding carboxylic acids is 4. The molecule has 2 unspecified atom stereocenters. The number of hydrogen-bond acceptors (Lipinski definition) is 9. The fraction of sp³-hybridized carbons (Fsp3) is 0.600. The molecule has 0 aromatic heterocycles. The number of carbonyl (C=O) groups is 4. The Bertz CT molecular complexity index is 1240. The molecule has 2 saturated carbocycles. The lowest BCUT2D eigenvalue weighted by Crippen LogP contribution is -2.77. The summed E-state index contributed by atoms with van der Waals surface area (Å²) in [6, 6.07) is 8.44. The number of rotatable bonds is 4. The van der Waals surface area contributed by atoms with Crippen molar-refractivity contribution in [1.82, 2.24) is 0 Å². The summed E-state index contributed by atoms with van der Waals surface area (Å²) in [7, 11) is 0. The van der Waals surface area contributed by atoms with Gasteiger partial charge in [-0.05, 0) is 49.8 Å². The predicted octanol–water partition coefficient (Wildman–Crippen LogP) is 3.32. The number of esters is 3. The number of ether oxygens (including phenoxy) is 4. The fourth-order valence-electron chi connectivity index (χ4n) is 7.45. The molecule has 0 amide bonds. The van der Waals surface area contributed by atoms with Gasteiger partial charge in [0, 0.05) is 25.7 Å². The molecule has 1 N–H and O–H groups in total. The summed E-state index contributed by atoms with van der Waals surface area (Å²) in [4.78, 5) is 52.7. The molecule has 0 radical (unpaired) electrons. The molecule has 4 aliphatic rings. The van der Waals surface area contributed by atoms with Crippen LogP contribution in [-0.4, -0.2) is 64.9 Å². The molecular weight excluding hydrogens is 504 g/mol. The first kappa shape index (κ1) is 27.5. The van der Waals surface area contributed by atoms with Gasteiger partial charge in [0.15, 0.2) is 17.5 Å². The topological polar surface area (TPSA) is 125 Å². The van der Waals surface area contributed by atoms with Crippen LogP contribution in [0.5, 0.6) is 0 Å². The summed E-state index contributed by atoms with van der Waals surface area (Å²) in [6.07, 6.45) is -2.03. The number of aliphatic hydroxyl groups is 1. The van der Waals surface area contributed by atoms with Gasteiger partial charge in [-0.15, -0.1) is 0 Å². The van der Waals surface area contributed by atoms with Gasteiger partial charge in [0.2, 0.25) is 0 Å². The quantitative estimate of drug-likeness (QED) is 0.348. The first-order chi connectivity index (χ1) is 18.3. The molecule has 210 valence electrons. The molecule has 39 heavy (non-hydrogen) atoms. The second kappa shape index (κ2) is 9.55. The summed E-state index contributed by atoms with van der Waals surface area (Å²) >= 11 is 0. The molecule has 1 aromatic carbocycles. The standard InChI is InChI=1S/C30H36O9/c1-16-13-29(35)14-21(17(16)2)23(37-18(3)31)25(33)28(5)12-11-22-30(15-36-22,39-19(4)32)24(28)26(29)38-27(34)20-9-7-6-8-10-20/h6-10,16,22-24,26,35H,11-15H2,1-5H3/t16?,22-,23-,24?,26+,28-,29+,30+/m1/s1. The van der Waals surface area contributed by atoms with Crippen molar-refractivity contribution in [3.05, 3.63) is 47.0 Å². The number of hydrogen-bond donors (Lipinski definition) is 1. The SMILES string of the molecule is CC(=O)O[C@H]1C(=O)[C@]2(C)CC[C@H]3OC[C@@]3(OC(C)=O)C2[C@H](OC(=O)c2ccccc2)[C@@]2(O)CC1=C(C)C(C)C2. The van der Waals surface area contributed by atoms with Crippen molar-refractivity contribution in [3.63, 3.8) is 0 Å². The Morgan fingerprint density at radius 2 is 1.77 bits per heavy atom. The van der Waals surface area contributed by atoms with Gasteiger partial charge in [0.1, 0.15) is 17.8 Å². The van der Waals surface area contributed by atoms with Crippen LogP contribution in [0, 0.1) is 17.3 Å². The molecule has 1 aliphatic heterocycles. The van der Waals surface area contributed by atoms with E-state index in [2.05, 4.69) is 0 Å². The third kappa shape index (κ3) is 4.30. The lowest BCUT2D eigenvalue weighted by atomic mass is 9.49. The van der Waals surface area contributed by atoms with Gasteiger partial charge in [0.25, 0.3) is 0 Å². The number of ketones is 1. The van der Waals surface area contributed by atoms with Crippen molar-refractivity contribution in [2.24, 2.45) is 17.3 Å². The molecule has 9 nitrogen and oxygen atoms in total. The van der Waals surface area contributed by atoms with E-state index in [0.717, 1.165) is 5.57 Å². The van der Waals surface area contributed by atoms with Crippen molar-refractivity contribution in [2.45, 2.75) is 89.8 Å². The Hall–Kier alpha value is -3.04. The second-order valence-corrected chi connectivity index (χ2v) is 11.9. The normalized spacial score (nSPS) is 39.2. The largest absolute Gasteiger partial charge is 0.455 e. The van der Waals surface area contributed by atoms with Crippen LogP contribution in [0.2, 0.25) is 0 Å². The zero-order chi connectivity index (χ0) is 28.3. The zero-order valence-electron chi connectivity index (χ0n) is 23.0. The van der Waals surface area contributed by atoms with Gasteiger partial charge < -0.3 is 24.1 Å². The monoisotopic (exact) mass is 540 g/mol. The van der Waals surface area contributed by atoms with Crippen LogP contribution in [0.4, 0.5) is 0 Å². The Morgan fingerprint density at radius 1 is 1.08 bits per heavy atom. The Balaban J connectivity index is 1.73. The molecule has 9 heteroatoms. The molecule has 0 spiro atoms. The molecule has 2 bridgehead atoms. The Kier molecular flexibility index (Phi) is 6.74. The Morgan fingerprint density at radius 3 is 2.36 bits per heavy atom. The molecule has 3 fully saturated rings. The highest BCUT2D eigenvalue weighted by Crippen LogP contribution is 2.61. The van der Waals surface area contributed by atoms with Crippen molar-refractivity contribution >= 4 is 23.7 Å². The summed E-state index contributed by atoms with van der Waals surface area (Å²) in [5, 5.41) is 12.5.